The Morgan fingerprint density at radius 2 is 1.91 bits per heavy atom. The molecule has 1 aromatic rings. The van der Waals surface area contributed by atoms with E-state index in [2.05, 4.69) is 5.32 Å². The lowest BCUT2D eigenvalue weighted by Crippen LogP contribution is -2.41. The first kappa shape index (κ1) is 18.2. The lowest BCUT2D eigenvalue weighted by Gasteiger charge is -2.27. The number of carbonyl (C=O) groups is 1. The Kier molecular flexibility index (Phi) is 6.39. The molecular formula is C16H22Cl2N2O3. The highest BCUT2D eigenvalue weighted by atomic mass is 35.5. The van der Waals surface area contributed by atoms with E-state index < -0.39 is 0 Å². The summed E-state index contributed by atoms with van der Waals surface area (Å²) in [5.74, 6) is 1.19. The molecule has 5 nitrogen and oxygen atoms in total. The van der Waals surface area contributed by atoms with Crippen LogP contribution in [0.2, 0.25) is 5.02 Å². The number of hydrogen-bond acceptors (Lipinski definition) is 4. The second kappa shape index (κ2) is 8.08. The molecule has 2 aliphatic rings. The summed E-state index contributed by atoms with van der Waals surface area (Å²) < 4.78 is 11.0. The van der Waals surface area contributed by atoms with Crippen LogP contribution in [0.25, 0.3) is 0 Å². The molecule has 0 unspecified atom stereocenters. The van der Waals surface area contributed by atoms with Gasteiger partial charge >= 0.3 is 0 Å². The molecule has 1 aliphatic heterocycles. The van der Waals surface area contributed by atoms with Gasteiger partial charge in [0, 0.05) is 12.1 Å². The van der Waals surface area contributed by atoms with Crippen molar-refractivity contribution in [2.24, 2.45) is 5.73 Å². The van der Waals surface area contributed by atoms with Crippen molar-refractivity contribution >= 4 is 29.9 Å². The Bertz CT molecular complexity index is 561. The highest BCUT2D eigenvalue weighted by Crippen LogP contribution is 2.38. The molecule has 0 atom stereocenters. The monoisotopic (exact) mass is 360 g/mol. The predicted octanol–water partition coefficient (Wildman–Crippen LogP) is 2.46. The summed E-state index contributed by atoms with van der Waals surface area (Å²) in [5, 5.41) is 3.57. The third kappa shape index (κ3) is 4.66. The lowest BCUT2D eigenvalue weighted by molar-refractivity contribution is -0.121. The molecule has 1 aliphatic carbocycles. The molecular weight excluding hydrogens is 339 g/mol. The molecule has 1 saturated carbocycles. The Morgan fingerprint density at radius 3 is 2.65 bits per heavy atom. The lowest BCUT2D eigenvalue weighted by atomic mass is 9.91. The number of benzene rings is 1. The fraction of sp³-hybridized carbons (Fsp3) is 0.562. The van der Waals surface area contributed by atoms with Crippen molar-refractivity contribution in [1.82, 2.24) is 5.32 Å². The topological polar surface area (TPSA) is 73.6 Å². The molecule has 1 amide bonds. The molecule has 0 bridgehead atoms. The number of rotatable bonds is 3. The van der Waals surface area contributed by atoms with Crippen molar-refractivity contribution in [2.75, 3.05) is 13.2 Å². The minimum absolute atomic E-state index is 0. The van der Waals surface area contributed by atoms with Crippen molar-refractivity contribution in [1.29, 1.82) is 0 Å². The maximum absolute atomic E-state index is 12.2. The van der Waals surface area contributed by atoms with Gasteiger partial charge in [0.1, 0.15) is 13.2 Å². The van der Waals surface area contributed by atoms with Gasteiger partial charge in [0.15, 0.2) is 11.5 Å². The van der Waals surface area contributed by atoms with Crippen LogP contribution in [0.5, 0.6) is 11.5 Å². The largest absolute Gasteiger partial charge is 0.486 e. The number of ether oxygens (including phenoxy) is 2. The number of hydrogen-bond donors (Lipinski definition) is 2. The van der Waals surface area contributed by atoms with Gasteiger partial charge in [-0.15, -0.1) is 12.4 Å². The fourth-order valence-electron chi connectivity index (χ4n) is 2.99. The smallest absolute Gasteiger partial charge is 0.224 e. The Labute approximate surface area is 147 Å². The van der Waals surface area contributed by atoms with Gasteiger partial charge in [-0.25, -0.2) is 0 Å². The van der Waals surface area contributed by atoms with Gasteiger partial charge < -0.3 is 20.5 Å². The molecule has 1 heterocycles. The number of fused-ring (bicyclic) bond motifs is 1. The molecule has 0 spiro atoms. The van der Waals surface area contributed by atoms with Crippen molar-refractivity contribution < 1.29 is 14.3 Å². The average molecular weight is 361 g/mol. The maximum Gasteiger partial charge on any atom is 0.224 e. The average Bonchev–Trinajstić information content (AvgIpc) is 2.49. The van der Waals surface area contributed by atoms with E-state index in [1.807, 2.05) is 6.07 Å². The van der Waals surface area contributed by atoms with Crippen LogP contribution in [-0.2, 0) is 11.2 Å². The molecule has 0 aromatic heterocycles. The third-order valence-electron chi connectivity index (χ3n) is 4.16. The Balaban J connectivity index is 0.00000192. The second-order valence-electron chi connectivity index (χ2n) is 5.96. The number of nitrogens with one attached hydrogen (secondary N) is 1. The molecule has 1 aromatic carbocycles. The fourth-order valence-corrected chi connectivity index (χ4v) is 3.28. The van der Waals surface area contributed by atoms with Crippen LogP contribution in [0.4, 0.5) is 0 Å². The number of halogens is 2. The Morgan fingerprint density at radius 1 is 1.22 bits per heavy atom. The van der Waals surface area contributed by atoms with Crippen molar-refractivity contribution in [3.05, 3.63) is 22.7 Å². The van der Waals surface area contributed by atoms with E-state index in [0.717, 1.165) is 31.2 Å². The molecule has 128 valence electrons. The first-order valence-electron chi connectivity index (χ1n) is 7.75. The Hall–Kier alpha value is -1.17. The van der Waals surface area contributed by atoms with Gasteiger partial charge in [0.2, 0.25) is 5.91 Å². The van der Waals surface area contributed by atoms with E-state index in [1.165, 1.54) is 0 Å². The summed E-state index contributed by atoms with van der Waals surface area (Å²) in [6, 6.07) is 4.12. The summed E-state index contributed by atoms with van der Waals surface area (Å²) in [5.41, 5.74) is 6.71. The van der Waals surface area contributed by atoms with Gasteiger partial charge in [0.05, 0.1) is 11.4 Å². The summed E-state index contributed by atoms with van der Waals surface area (Å²) in [6.07, 6.45) is 4.14. The minimum atomic E-state index is 0. The molecule has 7 heteroatoms. The third-order valence-corrected chi connectivity index (χ3v) is 4.44. The van der Waals surface area contributed by atoms with Gasteiger partial charge in [-0.05, 0) is 43.4 Å². The van der Waals surface area contributed by atoms with Crippen LogP contribution in [0.1, 0.15) is 31.2 Å². The van der Waals surface area contributed by atoms with E-state index in [1.54, 1.807) is 6.07 Å². The molecule has 3 rings (SSSR count). The van der Waals surface area contributed by atoms with Crippen LogP contribution in [0.3, 0.4) is 0 Å². The van der Waals surface area contributed by atoms with Crippen LogP contribution in [0, 0.1) is 0 Å². The van der Waals surface area contributed by atoms with Crippen molar-refractivity contribution in [3.63, 3.8) is 0 Å². The van der Waals surface area contributed by atoms with E-state index in [9.17, 15) is 4.79 Å². The van der Waals surface area contributed by atoms with Gasteiger partial charge in [-0.3, -0.25) is 4.79 Å². The molecule has 1 fully saturated rings. The highest BCUT2D eigenvalue weighted by Gasteiger charge is 2.21. The molecule has 3 N–H and O–H groups in total. The van der Waals surface area contributed by atoms with E-state index in [0.29, 0.717) is 36.2 Å². The van der Waals surface area contributed by atoms with Gasteiger partial charge in [-0.2, -0.15) is 0 Å². The number of amides is 1. The zero-order valence-electron chi connectivity index (χ0n) is 12.8. The van der Waals surface area contributed by atoms with Crippen molar-refractivity contribution in [3.8, 4) is 11.5 Å². The summed E-state index contributed by atoms with van der Waals surface area (Å²) in [6.45, 7) is 0.998. The van der Waals surface area contributed by atoms with Crippen molar-refractivity contribution in [2.45, 2.75) is 44.2 Å². The van der Waals surface area contributed by atoms with E-state index in [-0.39, 0.29) is 30.4 Å². The SMILES string of the molecule is Cl.NC1CCC(NC(=O)Cc2cc(Cl)c3c(c2)OCCO3)CC1. The second-order valence-corrected chi connectivity index (χ2v) is 6.37. The van der Waals surface area contributed by atoms with Crippen LogP contribution in [-0.4, -0.2) is 31.2 Å². The molecule has 23 heavy (non-hydrogen) atoms. The van der Waals surface area contributed by atoms with E-state index in [4.69, 9.17) is 26.8 Å². The van der Waals surface area contributed by atoms with Crippen LogP contribution < -0.4 is 20.5 Å². The summed E-state index contributed by atoms with van der Waals surface area (Å²) in [7, 11) is 0. The molecule has 0 radical (unpaired) electrons. The first-order chi connectivity index (χ1) is 10.6. The number of carbonyl (C=O) groups excluding carboxylic acids is 1. The highest BCUT2D eigenvalue weighted by molar-refractivity contribution is 6.32. The summed E-state index contributed by atoms with van der Waals surface area (Å²) in [4.78, 5) is 12.2. The van der Waals surface area contributed by atoms with Gasteiger partial charge in [-0.1, -0.05) is 11.6 Å². The van der Waals surface area contributed by atoms with Crippen LogP contribution >= 0.6 is 24.0 Å². The zero-order chi connectivity index (χ0) is 15.5. The van der Waals surface area contributed by atoms with Gasteiger partial charge in [0.25, 0.3) is 0 Å². The zero-order valence-corrected chi connectivity index (χ0v) is 14.4. The quantitative estimate of drug-likeness (QED) is 0.868. The van der Waals surface area contributed by atoms with E-state index >= 15 is 0 Å². The first-order valence-corrected chi connectivity index (χ1v) is 8.12. The van der Waals surface area contributed by atoms with Crippen LogP contribution in [0.15, 0.2) is 12.1 Å². The number of nitrogens with two attached hydrogens (primary N) is 1. The minimum Gasteiger partial charge on any atom is -0.486 e. The maximum atomic E-state index is 12.2. The predicted molar refractivity (Wildman–Crippen MR) is 91.8 cm³/mol. The standard InChI is InChI=1S/C16H21ClN2O3.ClH/c17-13-7-10(8-14-16(13)22-6-5-21-14)9-15(20)19-12-3-1-11(18)2-4-12;/h7-8,11-12H,1-6,9,18H2,(H,19,20);1H. The normalized spacial score (nSPS) is 22.9. The molecule has 0 saturated heterocycles. The summed E-state index contributed by atoms with van der Waals surface area (Å²) >= 11 is 6.19.